The van der Waals surface area contributed by atoms with Crippen LogP contribution in [-0.4, -0.2) is 84.4 Å². The predicted molar refractivity (Wildman–Crippen MR) is 154 cm³/mol. The molecule has 2 aliphatic heterocycles. The molecule has 0 unspecified atom stereocenters. The van der Waals surface area contributed by atoms with Crippen LogP contribution in [0.4, 0.5) is 10.5 Å². The van der Waals surface area contributed by atoms with E-state index in [4.69, 9.17) is 18.9 Å². The Labute approximate surface area is 236 Å². The zero-order valence-electron chi connectivity index (χ0n) is 24.6. The van der Waals surface area contributed by atoms with Crippen LogP contribution in [-0.2, 0) is 19.7 Å². The average Bonchev–Trinajstić information content (AvgIpc) is 3.43. The second-order valence-corrected chi connectivity index (χ2v) is 12.6. The molecule has 2 aromatic heterocycles. The van der Waals surface area contributed by atoms with E-state index in [-0.39, 0.29) is 36.0 Å². The van der Waals surface area contributed by atoms with Crippen molar-refractivity contribution >= 4 is 28.7 Å². The summed E-state index contributed by atoms with van der Waals surface area (Å²) in [4.78, 5) is 37.2. The van der Waals surface area contributed by atoms with E-state index in [9.17, 15) is 9.59 Å². The number of furan rings is 1. The Kier molecular flexibility index (Phi) is 7.39. The number of amides is 2. The number of fused-ring (bicyclic) bond motifs is 2. The van der Waals surface area contributed by atoms with E-state index in [2.05, 4.69) is 18.7 Å². The molecule has 40 heavy (non-hydrogen) atoms. The number of rotatable bonds is 5. The van der Waals surface area contributed by atoms with Gasteiger partial charge in [0.15, 0.2) is 5.76 Å². The van der Waals surface area contributed by atoms with Crippen LogP contribution in [0.2, 0.25) is 0 Å². The van der Waals surface area contributed by atoms with Gasteiger partial charge in [-0.2, -0.15) is 0 Å². The lowest BCUT2D eigenvalue weighted by atomic mass is 9.88. The van der Waals surface area contributed by atoms with Gasteiger partial charge < -0.3 is 23.7 Å². The number of para-hydroxylation sites is 1. The number of hydrogen-bond donors (Lipinski definition) is 0. The molecule has 5 rings (SSSR count). The largest absolute Gasteiger partial charge is 0.454 e. The monoisotopic (exact) mass is 548 g/mol. The highest BCUT2D eigenvalue weighted by molar-refractivity contribution is 5.98. The van der Waals surface area contributed by atoms with Gasteiger partial charge in [0.05, 0.1) is 24.9 Å². The molecule has 3 aromatic rings. The van der Waals surface area contributed by atoms with Crippen LogP contribution in [0.3, 0.4) is 0 Å². The summed E-state index contributed by atoms with van der Waals surface area (Å²) in [6, 6.07) is 11.6. The molecular formula is C31H40N4O5. The highest BCUT2D eigenvalue weighted by Crippen LogP contribution is 2.42. The molecule has 0 aliphatic carbocycles. The van der Waals surface area contributed by atoms with Crippen molar-refractivity contribution in [3.05, 3.63) is 48.2 Å². The van der Waals surface area contributed by atoms with Crippen molar-refractivity contribution in [3.8, 4) is 11.5 Å². The lowest BCUT2D eigenvalue weighted by Crippen LogP contribution is -2.62. The Morgan fingerprint density at radius 2 is 1.90 bits per heavy atom. The molecule has 9 heteroatoms. The number of aromatic nitrogens is 1. The molecule has 1 fully saturated rings. The Hall–Kier alpha value is -3.43. The normalized spacial score (nSPS) is 21.1. The summed E-state index contributed by atoms with van der Waals surface area (Å²) in [5.74, 6) is 0.681. The lowest BCUT2D eigenvalue weighted by molar-refractivity contribution is -0.121. The van der Waals surface area contributed by atoms with Crippen LogP contribution in [0.5, 0.6) is 0 Å². The standard InChI is InChI=1S/C31H40N4O5/c1-20-15-33(22(18-38-7)16-34(20)29(37)40-30(2,3)4)17-28(36)35-19-31(5,6)23-14-32-24(13-25(23)35)27-12-21-10-8-9-11-26(21)39-27/h8-14,20,22H,15-19H2,1-7H3/t20-,22-/m1/s1. The number of nitrogens with zero attached hydrogens (tertiary/aromatic N) is 4. The number of pyridine rings is 1. The summed E-state index contributed by atoms with van der Waals surface area (Å²) >= 11 is 0. The third kappa shape index (κ3) is 5.58. The summed E-state index contributed by atoms with van der Waals surface area (Å²) in [5, 5.41) is 1.01. The third-order valence-corrected chi connectivity index (χ3v) is 7.71. The molecule has 0 N–H and O–H groups in total. The smallest absolute Gasteiger partial charge is 0.410 e. The molecule has 2 aliphatic rings. The molecule has 0 spiro atoms. The van der Waals surface area contributed by atoms with E-state index < -0.39 is 5.60 Å². The third-order valence-electron chi connectivity index (χ3n) is 7.71. The Morgan fingerprint density at radius 1 is 1.15 bits per heavy atom. The van der Waals surface area contributed by atoms with Crippen molar-refractivity contribution in [3.63, 3.8) is 0 Å². The van der Waals surface area contributed by atoms with E-state index >= 15 is 0 Å². The van der Waals surface area contributed by atoms with E-state index in [0.29, 0.717) is 37.7 Å². The Morgan fingerprint density at radius 3 is 2.60 bits per heavy atom. The van der Waals surface area contributed by atoms with Gasteiger partial charge in [-0.25, -0.2) is 4.79 Å². The molecule has 0 radical (unpaired) electrons. The first kappa shape index (κ1) is 28.1. The zero-order valence-corrected chi connectivity index (χ0v) is 24.6. The number of carbonyl (C=O) groups excluding carboxylic acids is 2. The minimum Gasteiger partial charge on any atom is -0.454 e. The van der Waals surface area contributed by atoms with Gasteiger partial charge in [0, 0.05) is 55.3 Å². The first-order valence-corrected chi connectivity index (χ1v) is 13.9. The number of methoxy groups -OCH3 is 1. The van der Waals surface area contributed by atoms with Gasteiger partial charge in [0.2, 0.25) is 5.91 Å². The summed E-state index contributed by atoms with van der Waals surface area (Å²) < 4.78 is 17.2. The fraction of sp³-hybridized carbons (Fsp3) is 0.516. The van der Waals surface area contributed by atoms with Crippen molar-refractivity contribution in [2.75, 3.05) is 44.8 Å². The second-order valence-electron chi connectivity index (χ2n) is 12.6. The highest BCUT2D eigenvalue weighted by Gasteiger charge is 2.41. The average molecular weight is 549 g/mol. The van der Waals surface area contributed by atoms with E-state index in [1.807, 2.05) is 75.2 Å². The van der Waals surface area contributed by atoms with Gasteiger partial charge in [0.1, 0.15) is 16.9 Å². The molecule has 2 amide bonds. The Balaban J connectivity index is 1.37. The number of carbonyl (C=O) groups is 2. The number of hydrogen-bond acceptors (Lipinski definition) is 7. The van der Waals surface area contributed by atoms with Crippen molar-refractivity contribution in [1.29, 1.82) is 0 Å². The summed E-state index contributed by atoms with van der Waals surface area (Å²) in [5.41, 5.74) is 2.59. The molecule has 9 nitrogen and oxygen atoms in total. The summed E-state index contributed by atoms with van der Waals surface area (Å²) in [7, 11) is 1.64. The van der Waals surface area contributed by atoms with Gasteiger partial charge in [-0.15, -0.1) is 0 Å². The molecular weight excluding hydrogens is 508 g/mol. The number of ether oxygens (including phenoxy) is 2. The SMILES string of the molecule is COC[C@H]1CN(C(=O)OC(C)(C)C)[C@H](C)CN1CC(=O)N1CC(C)(C)c2cnc(-c3cc4ccccc4o3)cc21. The van der Waals surface area contributed by atoms with Crippen LogP contribution in [0, 0.1) is 0 Å². The van der Waals surface area contributed by atoms with Gasteiger partial charge in [0.25, 0.3) is 0 Å². The molecule has 4 heterocycles. The van der Waals surface area contributed by atoms with Gasteiger partial charge in [-0.05, 0) is 45.9 Å². The number of piperazine rings is 1. The van der Waals surface area contributed by atoms with Crippen LogP contribution in [0.1, 0.15) is 47.1 Å². The van der Waals surface area contributed by atoms with Crippen molar-refractivity contribution in [2.24, 2.45) is 0 Å². The molecule has 1 saturated heterocycles. The fourth-order valence-electron chi connectivity index (χ4n) is 5.71. The topological polar surface area (TPSA) is 88.4 Å². The zero-order chi connectivity index (χ0) is 28.8. The van der Waals surface area contributed by atoms with Crippen molar-refractivity contribution in [2.45, 2.75) is 64.6 Å². The van der Waals surface area contributed by atoms with Gasteiger partial charge in [-0.1, -0.05) is 32.0 Å². The summed E-state index contributed by atoms with van der Waals surface area (Å²) in [6.45, 7) is 14.0. The highest BCUT2D eigenvalue weighted by atomic mass is 16.6. The number of anilines is 1. The maximum absolute atomic E-state index is 13.9. The minimum atomic E-state index is -0.577. The summed E-state index contributed by atoms with van der Waals surface area (Å²) in [6.07, 6.45) is 1.54. The van der Waals surface area contributed by atoms with E-state index in [0.717, 1.165) is 22.2 Å². The number of benzene rings is 1. The fourth-order valence-corrected chi connectivity index (χ4v) is 5.71. The minimum absolute atomic E-state index is 0.00704. The van der Waals surface area contributed by atoms with Crippen LogP contribution in [0.15, 0.2) is 47.0 Å². The van der Waals surface area contributed by atoms with E-state index in [1.54, 1.807) is 12.0 Å². The molecule has 1 aromatic carbocycles. The van der Waals surface area contributed by atoms with Crippen molar-refractivity contribution in [1.82, 2.24) is 14.8 Å². The molecule has 214 valence electrons. The van der Waals surface area contributed by atoms with E-state index in [1.165, 1.54) is 0 Å². The lowest BCUT2D eigenvalue weighted by Gasteiger charge is -2.45. The van der Waals surface area contributed by atoms with Gasteiger partial charge in [-0.3, -0.25) is 14.7 Å². The molecule has 0 bridgehead atoms. The second kappa shape index (κ2) is 10.5. The first-order valence-electron chi connectivity index (χ1n) is 13.9. The van der Waals surface area contributed by atoms with Crippen molar-refractivity contribution < 1.29 is 23.5 Å². The van der Waals surface area contributed by atoms with Crippen LogP contribution < -0.4 is 4.90 Å². The van der Waals surface area contributed by atoms with Crippen LogP contribution >= 0.6 is 0 Å². The maximum Gasteiger partial charge on any atom is 0.410 e. The Bertz CT molecular complexity index is 1380. The van der Waals surface area contributed by atoms with Gasteiger partial charge >= 0.3 is 6.09 Å². The molecule has 0 saturated carbocycles. The molecule has 2 atom stereocenters. The predicted octanol–water partition coefficient (Wildman–Crippen LogP) is 5.08. The maximum atomic E-state index is 13.9. The first-order chi connectivity index (χ1) is 18.9. The van der Waals surface area contributed by atoms with Crippen LogP contribution in [0.25, 0.3) is 22.4 Å². The quantitative estimate of drug-likeness (QED) is 0.440.